The maximum Gasteiger partial charge on any atom is 0.137 e. The summed E-state index contributed by atoms with van der Waals surface area (Å²) < 4.78 is 6.45. The van der Waals surface area contributed by atoms with E-state index < -0.39 is 0 Å². The smallest absolute Gasteiger partial charge is 0.137 e. The molecule has 0 spiro atoms. The van der Waals surface area contributed by atoms with Crippen LogP contribution in [0.5, 0.6) is 0 Å². The summed E-state index contributed by atoms with van der Waals surface area (Å²) in [5, 5.41) is 2.25. The van der Waals surface area contributed by atoms with Gasteiger partial charge in [-0.15, -0.1) is 0 Å². The van der Waals surface area contributed by atoms with Gasteiger partial charge in [-0.25, -0.2) is 0 Å². The Labute approximate surface area is 328 Å². The third-order valence-electron chi connectivity index (χ3n) is 12.7. The molecule has 0 saturated heterocycles. The molecule has 9 aromatic rings. The van der Waals surface area contributed by atoms with Crippen molar-refractivity contribution in [2.24, 2.45) is 0 Å². The van der Waals surface area contributed by atoms with E-state index in [0.717, 1.165) is 39.0 Å². The van der Waals surface area contributed by atoms with Gasteiger partial charge in [-0.05, 0) is 121 Å². The second-order valence-corrected chi connectivity index (χ2v) is 16.6. The van der Waals surface area contributed by atoms with Crippen LogP contribution in [0.25, 0.3) is 66.4 Å². The van der Waals surface area contributed by atoms with Crippen molar-refractivity contribution in [3.05, 3.63) is 198 Å². The van der Waals surface area contributed by atoms with Crippen LogP contribution in [0.1, 0.15) is 49.9 Å². The van der Waals surface area contributed by atoms with E-state index in [9.17, 15) is 0 Å². The number of furan rings is 1. The summed E-state index contributed by atoms with van der Waals surface area (Å²) in [6, 6.07) is 64.6. The van der Waals surface area contributed by atoms with Crippen molar-refractivity contribution in [1.82, 2.24) is 0 Å². The van der Waals surface area contributed by atoms with E-state index in [0.29, 0.717) is 0 Å². The Balaban J connectivity index is 1.05. The highest BCUT2D eigenvalue weighted by molar-refractivity contribution is 6.06. The molecule has 56 heavy (non-hydrogen) atoms. The Bertz CT molecular complexity index is 2900. The van der Waals surface area contributed by atoms with E-state index >= 15 is 0 Å². The predicted molar refractivity (Wildman–Crippen MR) is 234 cm³/mol. The Morgan fingerprint density at radius 2 is 0.804 bits per heavy atom. The minimum Gasteiger partial charge on any atom is -0.456 e. The van der Waals surface area contributed by atoms with Crippen LogP contribution >= 0.6 is 0 Å². The van der Waals surface area contributed by atoms with Crippen molar-refractivity contribution in [3.8, 4) is 44.5 Å². The molecule has 2 aliphatic rings. The number of hydrogen-bond donors (Lipinski definition) is 0. The van der Waals surface area contributed by atoms with Crippen LogP contribution in [0.3, 0.4) is 0 Å². The third kappa shape index (κ3) is 4.82. The number of benzene rings is 8. The van der Waals surface area contributed by atoms with E-state index in [2.05, 4.69) is 196 Å². The van der Waals surface area contributed by atoms with Gasteiger partial charge >= 0.3 is 0 Å². The molecule has 0 fully saturated rings. The van der Waals surface area contributed by atoms with E-state index in [4.69, 9.17) is 4.42 Å². The molecule has 1 heterocycles. The van der Waals surface area contributed by atoms with Gasteiger partial charge in [0.05, 0.1) is 0 Å². The normalized spacial score (nSPS) is 14.4. The summed E-state index contributed by atoms with van der Waals surface area (Å²) in [6.07, 6.45) is 0. The molecule has 2 heteroatoms. The molecule has 0 amide bonds. The first-order chi connectivity index (χ1) is 27.3. The Morgan fingerprint density at radius 1 is 0.339 bits per heavy atom. The first-order valence-electron chi connectivity index (χ1n) is 19.7. The highest BCUT2D eigenvalue weighted by atomic mass is 16.3. The summed E-state index contributed by atoms with van der Waals surface area (Å²) >= 11 is 0. The monoisotopic (exact) mass is 719 g/mol. The lowest BCUT2D eigenvalue weighted by Gasteiger charge is -2.27. The SMILES string of the molecule is CC1(C)c2ccccc2-c2ccc(-c3cccc(N(c4cccc(-c5ccc6c(c5)C(C)(C)c5ccccc5-6)c4)c4ccc5c(c4)oc4ccccc45)c3)cc21. The van der Waals surface area contributed by atoms with E-state index in [1.54, 1.807) is 0 Å². The molecule has 11 rings (SSSR count). The topological polar surface area (TPSA) is 16.4 Å². The van der Waals surface area contributed by atoms with Crippen molar-refractivity contribution < 1.29 is 4.42 Å². The van der Waals surface area contributed by atoms with Crippen LogP contribution in [-0.2, 0) is 10.8 Å². The summed E-state index contributed by atoms with van der Waals surface area (Å²) in [7, 11) is 0. The fourth-order valence-electron chi connectivity index (χ4n) is 9.72. The van der Waals surface area contributed by atoms with Gasteiger partial charge in [0.2, 0.25) is 0 Å². The highest BCUT2D eigenvalue weighted by Crippen LogP contribution is 2.51. The zero-order valence-corrected chi connectivity index (χ0v) is 32.1. The predicted octanol–water partition coefficient (Wildman–Crippen LogP) is 15.0. The third-order valence-corrected chi connectivity index (χ3v) is 12.7. The molecule has 8 aromatic carbocycles. The van der Waals surface area contributed by atoms with Gasteiger partial charge < -0.3 is 9.32 Å². The van der Waals surface area contributed by atoms with Gasteiger partial charge in [-0.1, -0.05) is 143 Å². The van der Waals surface area contributed by atoms with Crippen molar-refractivity contribution in [3.63, 3.8) is 0 Å². The molecular weight excluding hydrogens is 679 g/mol. The molecule has 0 bridgehead atoms. The fraction of sp³-hybridized carbons (Fsp3) is 0.111. The first-order valence-corrected chi connectivity index (χ1v) is 19.7. The van der Waals surface area contributed by atoms with Crippen LogP contribution < -0.4 is 4.90 Å². The number of fused-ring (bicyclic) bond motifs is 9. The molecule has 0 atom stereocenters. The minimum absolute atomic E-state index is 0.0659. The minimum atomic E-state index is -0.0659. The lowest BCUT2D eigenvalue weighted by molar-refractivity contribution is 0.660. The molecule has 268 valence electrons. The molecule has 2 nitrogen and oxygen atoms in total. The van der Waals surface area contributed by atoms with Crippen molar-refractivity contribution in [2.45, 2.75) is 38.5 Å². The quantitative estimate of drug-likeness (QED) is 0.176. The highest BCUT2D eigenvalue weighted by Gasteiger charge is 2.36. The van der Waals surface area contributed by atoms with Crippen molar-refractivity contribution in [2.75, 3.05) is 4.90 Å². The maximum atomic E-state index is 6.45. The van der Waals surface area contributed by atoms with Crippen LogP contribution in [0, 0.1) is 0 Å². The van der Waals surface area contributed by atoms with Gasteiger partial charge in [-0.2, -0.15) is 0 Å². The molecule has 1 aromatic heterocycles. The number of anilines is 3. The Morgan fingerprint density at radius 3 is 1.39 bits per heavy atom. The molecular formula is C54H41NO. The average Bonchev–Trinajstić information content (AvgIpc) is 3.80. The number of nitrogens with zero attached hydrogens (tertiary/aromatic N) is 1. The average molecular weight is 720 g/mol. The van der Waals surface area contributed by atoms with Crippen LogP contribution in [0.2, 0.25) is 0 Å². The largest absolute Gasteiger partial charge is 0.456 e. The van der Waals surface area contributed by atoms with Gasteiger partial charge in [0, 0.05) is 44.7 Å². The summed E-state index contributed by atoms with van der Waals surface area (Å²) in [5.74, 6) is 0. The summed E-state index contributed by atoms with van der Waals surface area (Å²) in [6.45, 7) is 9.40. The maximum absolute atomic E-state index is 6.45. The van der Waals surface area contributed by atoms with Gasteiger partial charge in [0.1, 0.15) is 11.2 Å². The lowest BCUT2D eigenvalue weighted by atomic mass is 9.81. The zero-order valence-electron chi connectivity index (χ0n) is 32.1. The second kappa shape index (κ2) is 11.9. The number of hydrogen-bond acceptors (Lipinski definition) is 2. The standard InChI is InChI=1S/C54H41NO/c1-53(2)47-20-8-5-17-41(47)43-26-23-36(31-49(43)53)34-13-11-15-38(29-34)55(40-25-28-46-45-19-7-10-22-51(45)56-52(46)33-40)39-16-12-14-35(30-39)37-24-27-44-42-18-6-9-21-48(42)54(3,4)50(44)32-37/h5-33H,1-4H3. The Kier molecular flexibility index (Phi) is 6.98. The van der Waals surface area contributed by atoms with Crippen molar-refractivity contribution in [1.29, 1.82) is 0 Å². The molecule has 0 N–H and O–H groups in total. The molecule has 0 unspecified atom stereocenters. The number of rotatable bonds is 5. The summed E-state index contributed by atoms with van der Waals surface area (Å²) in [4.78, 5) is 2.37. The molecule has 0 radical (unpaired) electrons. The van der Waals surface area contributed by atoms with E-state index in [-0.39, 0.29) is 10.8 Å². The van der Waals surface area contributed by atoms with E-state index in [1.807, 2.05) is 12.1 Å². The fourth-order valence-corrected chi connectivity index (χ4v) is 9.72. The van der Waals surface area contributed by atoms with E-state index in [1.165, 1.54) is 66.8 Å². The lowest BCUT2D eigenvalue weighted by Crippen LogP contribution is -2.15. The zero-order chi connectivity index (χ0) is 37.8. The van der Waals surface area contributed by atoms with Crippen molar-refractivity contribution >= 4 is 39.0 Å². The first kappa shape index (κ1) is 32.8. The molecule has 2 aliphatic carbocycles. The van der Waals surface area contributed by atoms with Crippen LogP contribution in [-0.4, -0.2) is 0 Å². The van der Waals surface area contributed by atoms with Gasteiger partial charge in [0.15, 0.2) is 0 Å². The van der Waals surface area contributed by atoms with Gasteiger partial charge in [0.25, 0.3) is 0 Å². The summed E-state index contributed by atoms with van der Waals surface area (Å²) in [5.41, 5.74) is 20.6. The number of para-hydroxylation sites is 1. The van der Waals surface area contributed by atoms with Crippen LogP contribution in [0.15, 0.2) is 180 Å². The molecule has 0 aliphatic heterocycles. The second-order valence-electron chi connectivity index (χ2n) is 16.6. The van der Waals surface area contributed by atoms with Gasteiger partial charge in [-0.3, -0.25) is 0 Å². The Hall–Kier alpha value is -6.64. The molecule has 0 saturated carbocycles. The van der Waals surface area contributed by atoms with Crippen LogP contribution in [0.4, 0.5) is 17.1 Å².